The molecule has 1 rings (SSSR count). The molecule has 0 aliphatic rings. The summed E-state index contributed by atoms with van der Waals surface area (Å²) in [5.41, 5.74) is 0. The Bertz CT molecular complexity index is 290. The molecule has 3 nitrogen and oxygen atoms in total. The molecular weight excluding hydrogens is 244 g/mol. The van der Waals surface area contributed by atoms with E-state index in [1.807, 2.05) is 11.3 Å². The molecule has 0 aromatic carbocycles. The fourth-order valence-electron chi connectivity index (χ4n) is 1.82. The van der Waals surface area contributed by atoms with E-state index in [0.717, 1.165) is 39.1 Å². The Labute approximate surface area is 115 Å². The molecule has 1 heterocycles. The maximum absolute atomic E-state index is 5.02. The van der Waals surface area contributed by atoms with Gasteiger partial charge in [-0.25, -0.2) is 0 Å². The number of nitrogens with zero attached hydrogens (tertiary/aromatic N) is 1. The molecule has 18 heavy (non-hydrogen) atoms. The lowest BCUT2D eigenvalue weighted by molar-refractivity contribution is 0.193. The molecule has 1 aromatic rings. The van der Waals surface area contributed by atoms with Crippen molar-refractivity contribution in [1.82, 2.24) is 10.2 Å². The lowest BCUT2D eigenvalue weighted by Crippen LogP contribution is -2.36. The first-order chi connectivity index (χ1) is 8.74. The first kappa shape index (κ1) is 15.6. The maximum Gasteiger partial charge on any atom is 0.0474 e. The van der Waals surface area contributed by atoms with E-state index in [1.54, 1.807) is 7.11 Å². The minimum atomic E-state index is 0.601. The molecule has 0 bridgehead atoms. The van der Waals surface area contributed by atoms with E-state index in [9.17, 15) is 0 Å². The predicted octanol–water partition coefficient (Wildman–Crippen LogP) is 2.24. The van der Waals surface area contributed by atoms with Crippen LogP contribution in [-0.2, 0) is 11.2 Å². The lowest BCUT2D eigenvalue weighted by atomic mass is 10.2. The Morgan fingerprint density at radius 2 is 2.28 bits per heavy atom. The average molecular weight is 270 g/mol. The summed E-state index contributed by atoms with van der Waals surface area (Å²) in [5, 5.41) is 5.60. The van der Waals surface area contributed by atoms with Gasteiger partial charge >= 0.3 is 0 Å². The first-order valence-corrected chi connectivity index (χ1v) is 7.54. The summed E-state index contributed by atoms with van der Waals surface area (Å²) >= 11 is 1.85. The summed E-state index contributed by atoms with van der Waals surface area (Å²) in [6.45, 7) is 6.33. The van der Waals surface area contributed by atoms with Crippen molar-refractivity contribution in [3.8, 4) is 0 Å². The van der Waals surface area contributed by atoms with Crippen LogP contribution in [0.2, 0.25) is 0 Å². The Morgan fingerprint density at radius 1 is 1.44 bits per heavy atom. The van der Waals surface area contributed by atoms with Crippen LogP contribution in [0.25, 0.3) is 0 Å². The Morgan fingerprint density at radius 3 is 2.94 bits per heavy atom. The highest BCUT2D eigenvalue weighted by molar-refractivity contribution is 7.09. The fraction of sp³-hybridized carbons (Fsp3) is 0.714. The van der Waals surface area contributed by atoms with Crippen LogP contribution in [0.1, 0.15) is 18.2 Å². The number of methoxy groups -OCH3 is 1. The van der Waals surface area contributed by atoms with Gasteiger partial charge in [-0.15, -0.1) is 11.3 Å². The minimum Gasteiger partial charge on any atom is -0.385 e. The molecule has 0 fully saturated rings. The molecule has 0 radical (unpaired) electrons. The SMILES string of the molecule is COCCCNCCN(C)C(C)Cc1cccs1. The standard InChI is InChI=1S/C14H26N2OS/c1-13(12-14-6-4-11-18-14)16(2)9-8-15-7-5-10-17-3/h4,6,11,13,15H,5,7-10,12H2,1-3H3. The summed E-state index contributed by atoms with van der Waals surface area (Å²) in [4.78, 5) is 3.89. The minimum absolute atomic E-state index is 0.601. The first-order valence-electron chi connectivity index (χ1n) is 6.66. The number of rotatable bonds is 10. The van der Waals surface area contributed by atoms with Crippen LogP contribution < -0.4 is 5.32 Å². The van der Waals surface area contributed by atoms with E-state index in [2.05, 4.69) is 41.7 Å². The molecule has 0 saturated carbocycles. The zero-order valence-electron chi connectivity index (χ0n) is 11.8. The summed E-state index contributed by atoms with van der Waals surface area (Å²) in [7, 11) is 3.95. The van der Waals surface area contributed by atoms with Gasteiger partial charge in [-0.2, -0.15) is 0 Å². The molecule has 0 aliphatic heterocycles. The van der Waals surface area contributed by atoms with Crippen LogP contribution in [0.5, 0.6) is 0 Å². The van der Waals surface area contributed by atoms with Crippen molar-refractivity contribution >= 4 is 11.3 Å². The van der Waals surface area contributed by atoms with Gasteiger partial charge in [0.1, 0.15) is 0 Å². The van der Waals surface area contributed by atoms with Gasteiger partial charge in [0.25, 0.3) is 0 Å². The van der Waals surface area contributed by atoms with Crippen molar-refractivity contribution in [2.45, 2.75) is 25.8 Å². The van der Waals surface area contributed by atoms with Crippen LogP contribution in [0, 0.1) is 0 Å². The number of nitrogens with one attached hydrogen (secondary N) is 1. The Balaban J connectivity index is 2.06. The van der Waals surface area contributed by atoms with Gasteiger partial charge in [-0.05, 0) is 44.8 Å². The summed E-state index contributed by atoms with van der Waals surface area (Å²) < 4.78 is 5.02. The molecule has 4 heteroatoms. The highest BCUT2D eigenvalue weighted by Crippen LogP contribution is 2.13. The van der Waals surface area contributed by atoms with Crippen LogP contribution in [-0.4, -0.2) is 51.3 Å². The lowest BCUT2D eigenvalue weighted by Gasteiger charge is -2.24. The smallest absolute Gasteiger partial charge is 0.0474 e. The summed E-state index contributed by atoms with van der Waals surface area (Å²) in [6, 6.07) is 4.95. The van der Waals surface area contributed by atoms with Crippen molar-refractivity contribution in [2.75, 3.05) is 40.4 Å². The number of likely N-dealkylation sites (N-methyl/N-ethyl adjacent to an activating group) is 1. The zero-order chi connectivity index (χ0) is 13.2. The molecule has 1 atom stereocenters. The van der Waals surface area contributed by atoms with Gasteiger partial charge in [-0.3, -0.25) is 0 Å². The zero-order valence-corrected chi connectivity index (χ0v) is 12.6. The number of thiophene rings is 1. The molecule has 104 valence electrons. The quantitative estimate of drug-likeness (QED) is 0.660. The van der Waals surface area contributed by atoms with Crippen LogP contribution in [0.15, 0.2) is 17.5 Å². The summed E-state index contributed by atoms with van der Waals surface area (Å²) in [5.74, 6) is 0. The van der Waals surface area contributed by atoms with E-state index < -0.39 is 0 Å². The average Bonchev–Trinajstić information content (AvgIpc) is 2.86. The third-order valence-electron chi connectivity index (χ3n) is 3.17. The van der Waals surface area contributed by atoms with Gasteiger partial charge in [-0.1, -0.05) is 6.07 Å². The van der Waals surface area contributed by atoms with Gasteiger partial charge in [0.05, 0.1) is 0 Å². The van der Waals surface area contributed by atoms with Crippen molar-refractivity contribution in [3.63, 3.8) is 0 Å². The Kier molecular flexibility index (Phi) is 8.25. The molecule has 1 aromatic heterocycles. The second kappa shape index (κ2) is 9.50. The predicted molar refractivity (Wildman–Crippen MR) is 79.5 cm³/mol. The third kappa shape index (κ3) is 6.50. The topological polar surface area (TPSA) is 24.5 Å². The van der Waals surface area contributed by atoms with E-state index >= 15 is 0 Å². The van der Waals surface area contributed by atoms with Gasteiger partial charge in [0, 0.05) is 37.7 Å². The van der Waals surface area contributed by atoms with Crippen molar-refractivity contribution in [1.29, 1.82) is 0 Å². The molecular formula is C14H26N2OS. The van der Waals surface area contributed by atoms with Crippen LogP contribution in [0.4, 0.5) is 0 Å². The molecule has 0 saturated heterocycles. The van der Waals surface area contributed by atoms with Crippen LogP contribution in [0.3, 0.4) is 0 Å². The molecule has 0 spiro atoms. The summed E-state index contributed by atoms with van der Waals surface area (Å²) in [6.07, 6.45) is 2.24. The number of hydrogen-bond acceptors (Lipinski definition) is 4. The van der Waals surface area contributed by atoms with E-state index in [1.165, 1.54) is 4.88 Å². The number of hydrogen-bond donors (Lipinski definition) is 1. The normalized spacial score (nSPS) is 13.1. The second-order valence-electron chi connectivity index (χ2n) is 4.71. The molecule has 0 amide bonds. The maximum atomic E-state index is 5.02. The third-order valence-corrected chi connectivity index (χ3v) is 4.07. The largest absolute Gasteiger partial charge is 0.385 e. The van der Waals surface area contributed by atoms with E-state index in [0.29, 0.717) is 6.04 Å². The monoisotopic (exact) mass is 270 g/mol. The Hall–Kier alpha value is -0.420. The van der Waals surface area contributed by atoms with Gasteiger partial charge in [0.2, 0.25) is 0 Å². The molecule has 1 N–H and O–H groups in total. The second-order valence-corrected chi connectivity index (χ2v) is 5.74. The highest BCUT2D eigenvalue weighted by Gasteiger charge is 2.09. The van der Waals surface area contributed by atoms with Gasteiger partial charge in [0.15, 0.2) is 0 Å². The number of ether oxygens (including phenoxy) is 1. The van der Waals surface area contributed by atoms with Crippen molar-refractivity contribution < 1.29 is 4.74 Å². The molecule has 0 aliphatic carbocycles. The van der Waals surface area contributed by atoms with Crippen LogP contribution >= 0.6 is 11.3 Å². The fourth-order valence-corrected chi connectivity index (χ4v) is 2.64. The van der Waals surface area contributed by atoms with Gasteiger partial charge < -0.3 is 15.0 Å². The van der Waals surface area contributed by atoms with E-state index in [-0.39, 0.29) is 0 Å². The highest BCUT2D eigenvalue weighted by atomic mass is 32.1. The van der Waals surface area contributed by atoms with Crippen molar-refractivity contribution in [3.05, 3.63) is 22.4 Å². The van der Waals surface area contributed by atoms with Crippen molar-refractivity contribution in [2.24, 2.45) is 0 Å². The molecule has 1 unspecified atom stereocenters. The van der Waals surface area contributed by atoms with E-state index in [4.69, 9.17) is 4.74 Å².